The van der Waals surface area contributed by atoms with Crippen molar-refractivity contribution in [2.24, 2.45) is 0 Å². The Morgan fingerprint density at radius 3 is 1.48 bits per heavy atom. The van der Waals surface area contributed by atoms with E-state index in [0.29, 0.717) is 19.3 Å². The Morgan fingerprint density at radius 1 is 0.493 bits per heavy atom. The van der Waals surface area contributed by atoms with Crippen molar-refractivity contribution >= 4 is 23.9 Å². The maximum absolute atomic E-state index is 13.1. The molecule has 12 nitrogen and oxygen atoms in total. The Bertz CT molecular complexity index is 1440. The summed E-state index contributed by atoms with van der Waals surface area (Å²) in [5.41, 5.74) is 0. The molecular formula is C57H96O12. The Morgan fingerprint density at radius 2 is 0.928 bits per heavy atom. The Kier molecular flexibility index (Phi) is 41.9. The second-order valence-electron chi connectivity index (χ2n) is 18.5. The fourth-order valence-electron chi connectivity index (χ4n) is 7.87. The molecule has 0 aromatic heterocycles. The van der Waals surface area contributed by atoms with Crippen LogP contribution in [0.25, 0.3) is 0 Å². The maximum atomic E-state index is 13.1. The molecule has 1 rings (SSSR count). The highest BCUT2D eigenvalue weighted by Gasteiger charge is 2.50. The molecule has 0 aliphatic carbocycles. The molecule has 0 amide bonds. The summed E-state index contributed by atoms with van der Waals surface area (Å²) in [5.74, 6) is -3.18. The number of aliphatic carboxylic acids is 1. The van der Waals surface area contributed by atoms with Crippen LogP contribution < -0.4 is 0 Å². The summed E-state index contributed by atoms with van der Waals surface area (Å²) in [6, 6.07) is 0. The van der Waals surface area contributed by atoms with E-state index in [0.717, 1.165) is 103 Å². The van der Waals surface area contributed by atoms with E-state index in [1.807, 2.05) is 0 Å². The van der Waals surface area contributed by atoms with Gasteiger partial charge in [0.15, 0.2) is 24.6 Å². The third-order valence-corrected chi connectivity index (χ3v) is 12.1. The lowest BCUT2D eigenvalue weighted by atomic mass is 9.98. The van der Waals surface area contributed by atoms with Crippen LogP contribution in [-0.2, 0) is 42.9 Å². The van der Waals surface area contributed by atoms with E-state index >= 15 is 0 Å². The second-order valence-corrected chi connectivity index (χ2v) is 18.5. The van der Waals surface area contributed by atoms with E-state index in [1.165, 1.54) is 64.2 Å². The van der Waals surface area contributed by atoms with E-state index in [9.17, 15) is 34.5 Å². The first-order chi connectivity index (χ1) is 33.6. The predicted molar refractivity (Wildman–Crippen MR) is 275 cm³/mol. The van der Waals surface area contributed by atoms with Gasteiger partial charge in [-0.1, -0.05) is 191 Å². The number of carboxylic acid groups (broad SMARTS) is 1. The Hall–Kier alpha value is -3.58. The molecule has 0 aromatic rings. The fraction of sp³-hybridized carbons (Fsp3) is 0.754. The number of carboxylic acids is 1. The van der Waals surface area contributed by atoms with Crippen LogP contribution in [-0.4, -0.2) is 89.2 Å². The lowest BCUT2D eigenvalue weighted by Crippen LogP contribution is -2.61. The summed E-state index contributed by atoms with van der Waals surface area (Å²) in [6.45, 7) is 5.77. The van der Waals surface area contributed by atoms with Crippen LogP contribution in [0.4, 0.5) is 0 Å². The topological polar surface area (TPSA) is 175 Å². The standard InChI is InChI=1S/C57H96O12/c1-4-7-10-13-16-19-22-24-25-27-29-31-34-37-40-43-49(58)65-46-48(67-50(59)44-41-38-35-32-28-21-18-15-12-9-6-3)47-66-57-55(53(62)52(61)54(69-57)56(63)64)68-51(60)45-42-39-36-33-30-26-23-20-17-14-11-8-5-2/h7,10,15-16,18-19,24-25,29,31,48,52-55,57,61-62H,4-6,8-9,11-14,17,20-23,26-28,30,32-47H2,1-3H3,(H,63,64)/b10-7-,18-15-,19-16-,25-24-,31-29-. The minimum Gasteiger partial charge on any atom is -0.479 e. The molecule has 396 valence electrons. The van der Waals surface area contributed by atoms with Crippen molar-refractivity contribution in [3.05, 3.63) is 60.8 Å². The number of allylic oxidation sites excluding steroid dienone is 10. The molecule has 0 radical (unpaired) electrons. The number of hydrogen-bond donors (Lipinski definition) is 3. The number of aliphatic hydroxyl groups excluding tert-OH is 2. The van der Waals surface area contributed by atoms with Gasteiger partial charge in [0, 0.05) is 19.3 Å². The third-order valence-electron chi connectivity index (χ3n) is 12.1. The SMILES string of the molecule is CC/C=C\C/C=C\C/C=C\C/C=C\CCCCC(=O)OCC(COC1OC(C(=O)O)C(O)C(O)C1OC(=O)CCCCCCCCCCCCCCC)OC(=O)CCCCCCC/C=C\CCCC. The van der Waals surface area contributed by atoms with Crippen molar-refractivity contribution in [3.8, 4) is 0 Å². The Labute approximate surface area is 417 Å². The smallest absolute Gasteiger partial charge is 0.335 e. The van der Waals surface area contributed by atoms with Crippen LogP contribution in [0.3, 0.4) is 0 Å². The molecule has 6 unspecified atom stereocenters. The second kappa shape index (κ2) is 45.6. The summed E-state index contributed by atoms with van der Waals surface area (Å²) in [4.78, 5) is 50.9. The summed E-state index contributed by atoms with van der Waals surface area (Å²) < 4.78 is 28.3. The molecule has 1 aliphatic heterocycles. The quantitative estimate of drug-likeness (QED) is 0.0228. The highest BCUT2D eigenvalue weighted by Crippen LogP contribution is 2.26. The van der Waals surface area contributed by atoms with Gasteiger partial charge in [0.25, 0.3) is 0 Å². The number of rotatable bonds is 45. The highest BCUT2D eigenvalue weighted by molar-refractivity contribution is 5.74. The third kappa shape index (κ3) is 36.1. The summed E-state index contributed by atoms with van der Waals surface area (Å²) >= 11 is 0. The number of hydrogen-bond acceptors (Lipinski definition) is 11. The molecular weight excluding hydrogens is 877 g/mol. The van der Waals surface area contributed by atoms with E-state index in [-0.39, 0.29) is 25.9 Å². The largest absolute Gasteiger partial charge is 0.479 e. The average molecular weight is 973 g/mol. The number of esters is 3. The molecule has 1 fully saturated rings. The first kappa shape index (κ1) is 63.4. The lowest BCUT2D eigenvalue weighted by molar-refractivity contribution is -0.301. The van der Waals surface area contributed by atoms with E-state index < -0.39 is 67.3 Å². The zero-order chi connectivity index (χ0) is 50.4. The van der Waals surface area contributed by atoms with Crippen molar-refractivity contribution in [2.75, 3.05) is 13.2 Å². The summed E-state index contributed by atoms with van der Waals surface area (Å²) in [5, 5.41) is 31.4. The molecule has 0 saturated carbocycles. The van der Waals surface area contributed by atoms with Crippen LogP contribution in [0.5, 0.6) is 0 Å². The number of ether oxygens (including phenoxy) is 5. The fourth-order valence-corrected chi connectivity index (χ4v) is 7.87. The normalized spacial score (nSPS) is 19.1. The minimum absolute atomic E-state index is 0.0574. The van der Waals surface area contributed by atoms with Crippen LogP contribution >= 0.6 is 0 Å². The molecule has 0 bridgehead atoms. The van der Waals surface area contributed by atoms with Gasteiger partial charge >= 0.3 is 23.9 Å². The van der Waals surface area contributed by atoms with Crippen molar-refractivity contribution in [2.45, 2.75) is 263 Å². The molecule has 69 heavy (non-hydrogen) atoms. The number of aliphatic hydroxyl groups is 2. The average Bonchev–Trinajstić information content (AvgIpc) is 3.33. The van der Waals surface area contributed by atoms with Crippen LogP contribution in [0.1, 0.15) is 226 Å². The first-order valence-electron chi connectivity index (χ1n) is 27.3. The highest BCUT2D eigenvalue weighted by atomic mass is 16.7. The lowest BCUT2D eigenvalue weighted by Gasteiger charge is -2.40. The molecule has 3 N–H and O–H groups in total. The molecule has 12 heteroatoms. The maximum Gasteiger partial charge on any atom is 0.335 e. The molecule has 6 atom stereocenters. The van der Waals surface area contributed by atoms with E-state index in [2.05, 4.69) is 81.5 Å². The van der Waals surface area contributed by atoms with Gasteiger partial charge in [-0.25, -0.2) is 4.79 Å². The van der Waals surface area contributed by atoms with E-state index in [4.69, 9.17) is 23.7 Å². The van der Waals surface area contributed by atoms with Crippen LogP contribution in [0.2, 0.25) is 0 Å². The zero-order valence-electron chi connectivity index (χ0n) is 43.3. The number of unbranched alkanes of at least 4 members (excludes halogenated alkanes) is 21. The first-order valence-corrected chi connectivity index (χ1v) is 27.3. The van der Waals surface area contributed by atoms with Crippen molar-refractivity contribution < 1.29 is 58.2 Å². The van der Waals surface area contributed by atoms with Crippen LogP contribution in [0, 0.1) is 0 Å². The number of carbonyl (C=O) groups excluding carboxylic acids is 3. The summed E-state index contributed by atoms with van der Waals surface area (Å²) in [7, 11) is 0. The van der Waals surface area contributed by atoms with Gasteiger partial charge in [-0.05, 0) is 77.0 Å². The van der Waals surface area contributed by atoms with Gasteiger partial charge in [0.1, 0.15) is 18.8 Å². The van der Waals surface area contributed by atoms with Crippen LogP contribution in [0.15, 0.2) is 60.8 Å². The predicted octanol–water partition coefficient (Wildman–Crippen LogP) is 13.2. The van der Waals surface area contributed by atoms with Gasteiger partial charge in [-0.3, -0.25) is 14.4 Å². The van der Waals surface area contributed by atoms with Gasteiger partial charge in [0.05, 0.1) is 6.61 Å². The van der Waals surface area contributed by atoms with Gasteiger partial charge < -0.3 is 39.0 Å². The van der Waals surface area contributed by atoms with Gasteiger partial charge in [-0.15, -0.1) is 0 Å². The molecule has 1 heterocycles. The van der Waals surface area contributed by atoms with E-state index in [1.54, 1.807) is 0 Å². The molecule has 0 aromatic carbocycles. The van der Waals surface area contributed by atoms with Crippen molar-refractivity contribution in [1.29, 1.82) is 0 Å². The van der Waals surface area contributed by atoms with Gasteiger partial charge in [-0.2, -0.15) is 0 Å². The molecule has 1 saturated heterocycles. The minimum atomic E-state index is -1.91. The number of carbonyl (C=O) groups is 4. The molecule has 0 spiro atoms. The Balaban J connectivity index is 2.74. The molecule has 1 aliphatic rings. The van der Waals surface area contributed by atoms with Gasteiger partial charge in [0.2, 0.25) is 0 Å². The monoisotopic (exact) mass is 973 g/mol. The van der Waals surface area contributed by atoms with Crippen molar-refractivity contribution in [1.82, 2.24) is 0 Å². The van der Waals surface area contributed by atoms with Crippen molar-refractivity contribution in [3.63, 3.8) is 0 Å². The zero-order valence-corrected chi connectivity index (χ0v) is 43.3. The summed E-state index contributed by atoms with van der Waals surface area (Å²) in [6.07, 6.45) is 42.1.